The Hall–Kier alpha value is -1.02. The predicted octanol–water partition coefficient (Wildman–Crippen LogP) is 3.93. The molecule has 0 atom stereocenters. The van der Waals surface area contributed by atoms with Crippen LogP contribution in [-0.2, 0) is 0 Å². The van der Waals surface area contributed by atoms with Gasteiger partial charge in [0.15, 0.2) is 0 Å². The van der Waals surface area contributed by atoms with Crippen molar-refractivity contribution in [1.82, 2.24) is 4.90 Å². The molecular formula is C17H26NO. The van der Waals surface area contributed by atoms with Gasteiger partial charge in [-0.1, -0.05) is 31.0 Å². The van der Waals surface area contributed by atoms with E-state index < -0.39 is 0 Å². The molecule has 0 amide bonds. The van der Waals surface area contributed by atoms with Crippen LogP contribution in [0, 0.1) is 6.42 Å². The van der Waals surface area contributed by atoms with E-state index in [1.165, 1.54) is 58.2 Å². The highest BCUT2D eigenvalue weighted by Gasteiger charge is 2.08. The van der Waals surface area contributed by atoms with Crippen molar-refractivity contribution in [1.29, 1.82) is 0 Å². The molecule has 2 nitrogen and oxygen atoms in total. The summed E-state index contributed by atoms with van der Waals surface area (Å²) < 4.78 is 5.69. The lowest BCUT2D eigenvalue weighted by Crippen LogP contribution is -2.30. The third-order valence-corrected chi connectivity index (χ3v) is 3.68. The lowest BCUT2D eigenvalue weighted by molar-refractivity contribution is 0.246. The first-order valence-electron chi connectivity index (χ1n) is 7.67. The molecule has 2 rings (SSSR count). The maximum Gasteiger partial charge on any atom is 0.119 e. The summed E-state index contributed by atoms with van der Waals surface area (Å²) in [7, 11) is 0. The van der Waals surface area contributed by atoms with Crippen molar-refractivity contribution in [3.63, 3.8) is 0 Å². The van der Waals surface area contributed by atoms with E-state index in [2.05, 4.69) is 11.3 Å². The summed E-state index contributed by atoms with van der Waals surface area (Å²) >= 11 is 0. The minimum absolute atomic E-state index is 0.850. The fraction of sp³-hybridized carbons (Fsp3) is 0.588. The Kier molecular flexibility index (Phi) is 6.80. The summed E-state index contributed by atoms with van der Waals surface area (Å²) in [6.07, 6.45) is 10.1. The molecule has 1 heterocycles. The van der Waals surface area contributed by atoms with Crippen molar-refractivity contribution >= 4 is 0 Å². The minimum Gasteiger partial charge on any atom is -0.494 e. The zero-order valence-corrected chi connectivity index (χ0v) is 11.9. The average molecular weight is 260 g/mol. The van der Waals surface area contributed by atoms with Gasteiger partial charge < -0.3 is 9.64 Å². The first-order valence-corrected chi connectivity index (χ1v) is 7.67. The topological polar surface area (TPSA) is 12.5 Å². The van der Waals surface area contributed by atoms with Gasteiger partial charge in [0.05, 0.1) is 6.61 Å². The first-order chi connectivity index (χ1) is 9.45. The zero-order valence-electron chi connectivity index (χ0n) is 11.9. The van der Waals surface area contributed by atoms with Gasteiger partial charge in [0.1, 0.15) is 5.75 Å². The summed E-state index contributed by atoms with van der Waals surface area (Å²) in [6, 6.07) is 10.1. The number of nitrogens with zero attached hydrogens (tertiary/aromatic N) is 1. The fourth-order valence-corrected chi connectivity index (χ4v) is 2.53. The summed E-state index contributed by atoms with van der Waals surface area (Å²) in [4.78, 5) is 2.60. The van der Waals surface area contributed by atoms with E-state index in [9.17, 15) is 0 Å². The second kappa shape index (κ2) is 8.98. The van der Waals surface area contributed by atoms with Crippen LogP contribution in [0.5, 0.6) is 5.75 Å². The largest absolute Gasteiger partial charge is 0.494 e. The number of para-hydroxylation sites is 1. The third-order valence-electron chi connectivity index (χ3n) is 3.68. The molecule has 1 aromatic rings. The summed E-state index contributed by atoms with van der Waals surface area (Å²) in [6.45, 7) is 4.68. The van der Waals surface area contributed by atoms with Gasteiger partial charge in [0.25, 0.3) is 0 Å². The Labute approximate surface area is 117 Å². The highest BCUT2D eigenvalue weighted by Crippen LogP contribution is 2.11. The maximum atomic E-state index is 5.69. The van der Waals surface area contributed by atoms with Crippen molar-refractivity contribution in [2.75, 3.05) is 26.2 Å². The smallest absolute Gasteiger partial charge is 0.119 e. The molecule has 2 heteroatoms. The standard InChI is InChI=1S/C17H26NO/c1(7-13-18-14-8-4-9-15-18)2-10-16-19-17-11-5-3-6-12-17/h3-6,11-12H,1-2,7-10,13-16H2. The predicted molar refractivity (Wildman–Crippen MR) is 80.4 cm³/mol. The molecule has 0 bridgehead atoms. The van der Waals surface area contributed by atoms with E-state index in [1.54, 1.807) is 0 Å². The van der Waals surface area contributed by atoms with Gasteiger partial charge in [-0.2, -0.15) is 0 Å². The van der Waals surface area contributed by atoms with Gasteiger partial charge in [-0.25, -0.2) is 0 Å². The second-order valence-corrected chi connectivity index (χ2v) is 5.28. The number of piperidine rings is 1. The van der Waals surface area contributed by atoms with Gasteiger partial charge in [0, 0.05) is 0 Å². The van der Waals surface area contributed by atoms with Gasteiger partial charge in [-0.15, -0.1) is 0 Å². The van der Waals surface area contributed by atoms with Crippen molar-refractivity contribution in [2.45, 2.75) is 38.5 Å². The minimum atomic E-state index is 0.850. The number of hydrogen-bond acceptors (Lipinski definition) is 2. The van der Waals surface area contributed by atoms with Crippen LogP contribution in [0.3, 0.4) is 0 Å². The van der Waals surface area contributed by atoms with Gasteiger partial charge >= 0.3 is 0 Å². The molecule has 1 aliphatic heterocycles. The Morgan fingerprint density at radius 3 is 2.42 bits per heavy atom. The number of unbranched alkanes of at least 4 members (excludes halogenated alkanes) is 3. The highest BCUT2D eigenvalue weighted by molar-refractivity contribution is 5.20. The summed E-state index contributed by atoms with van der Waals surface area (Å²) in [5.41, 5.74) is 0. The normalized spacial score (nSPS) is 16.4. The quantitative estimate of drug-likeness (QED) is 0.657. The van der Waals surface area contributed by atoms with E-state index in [-0.39, 0.29) is 0 Å². The van der Waals surface area contributed by atoms with E-state index >= 15 is 0 Å². The van der Waals surface area contributed by atoms with E-state index in [4.69, 9.17) is 4.74 Å². The van der Waals surface area contributed by atoms with Crippen LogP contribution < -0.4 is 4.74 Å². The molecule has 1 fully saturated rings. The van der Waals surface area contributed by atoms with Gasteiger partial charge in [-0.05, 0) is 63.9 Å². The molecule has 0 spiro atoms. The number of benzene rings is 1. The molecule has 0 N–H and O–H groups in total. The van der Waals surface area contributed by atoms with Gasteiger partial charge in [0.2, 0.25) is 0 Å². The molecule has 0 aliphatic carbocycles. The van der Waals surface area contributed by atoms with Crippen molar-refractivity contribution in [2.24, 2.45) is 0 Å². The monoisotopic (exact) mass is 260 g/mol. The zero-order chi connectivity index (χ0) is 13.2. The Morgan fingerprint density at radius 1 is 0.895 bits per heavy atom. The van der Waals surface area contributed by atoms with E-state index in [1.807, 2.05) is 30.3 Å². The second-order valence-electron chi connectivity index (χ2n) is 5.28. The maximum absolute atomic E-state index is 5.69. The Balaban J connectivity index is 1.42. The number of ether oxygens (including phenoxy) is 1. The van der Waals surface area contributed by atoms with Crippen LogP contribution in [0.2, 0.25) is 0 Å². The van der Waals surface area contributed by atoms with Gasteiger partial charge in [-0.3, -0.25) is 0 Å². The third kappa shape index (κ3) is 6.11. The molecule has 0 saturated carbocycles. The average Bonchev–Trinajstić information content (AvgIpc) is 2.48. The fourth-order valence-electron chi connectivity index (χ4n) is 2.53. The van der Waals surface area contributed by atoms with E-state index in [0.29, 0.717) is 0 Å². The Morgan fingerprint density at radius 2 is 1.63 bits per heavy atom. The molecule has 0 aromatic heterocycles. The molecule has 1 aromatic carbocycles. The molecular weight excluding hydrogens is 234 g/mol. The lowest BCUT2D eigenvalue weighted by atomic mass is 10.1. The number of likely N-dealkylation sites (tertiary alicyclic amines) is 1. The molecule has 0 unspecified atom stereocenters. The van der Waals surface area contributed by atoms with Crippen LogP contribution >= 0.6 is 0 Å². The van der Waals surface area contributed by atoms with Crippen molar-refractivity contribution in [3.05, 3.63) is 36.8 Å². The Bertz CT molecular complexity index is 319. The summed E-state index contributed by atoms with van der Waals surface area (Å²) in [5, 5.41) is 0. The number of rotatable bonds is 8. The molecule has 19 heavy (non-hydrogen) atoms. The van der Waals surface area contributed by atoms with Crippen molar-refractivity contribution in [3.8, 4) is 5.75 Å². The molecule has 1 aliphatic rings. The van der Waals surface area contributed by atoms with Crippen LogP contribution in [0.4, 0.5) is 0 Å². The van der Waals surface area contributed by atoms with Crippen LogP contribution in [-0.4, -0.2) is 31.1 Å². The summed E-state index contributed by atoms with van der Waals surface area (Å²) in [5.74, 6) is 0.993. The van der Waals surface area contributed by atoms with Crippen LogP contribution in [0.15, 0.2) is 30.3 Å². The lowest BCUT2D eigenvalue weighted by Gasteiger charge is -2.26. The first kappa shape index (κ1) is 14.4. The molecule has 1 saturated heterocycles. The molecule has 105 valence electrons. The van der Waals surface area contributed by atoms with Crippen LogP contribution in [0.1, 0.15) is 38.5 Å². The van der Waals surface area contributed by atoms with Crippen LogP contribution in [0.25, 0.3) is 0 Å². The SMILES string of the molecule is [CH]1CCN(CCCCCCOc2ccccc2)CC1. The highest BCUT2D eigenvalue weighted by atomic mass is 16.5. The van der Waals surface area contributed by atoms with Crippen molar-refractivity contribution < 1.29 is 4.74 Å². The molecule has 1 radical (unpaired) electrons. The van der Waals surface area contributed by atoms with E-state index in [0.717, 1.165) is 12.4 Å². The number of hydrogen-bond donors (Lipinski definition) is 0.